The van der Waals surface area contributed by atoms with Gasteiger partial charge >= 0.3 is 5.97 Å². The molecule has 0 bridgehead atoms. The summed E-state index contributed by atoms with van der Waals surface area (Å²) in [5.41, 5.74) is 0. The van der Waals surface area contributed by atoms with Crippen molar-refractivity contribution in [3.63, 3.8) is 0 Å². The van der Waals surface area contributed by atoms with Crippen LogP contribution in [0.5, 0.6) is 0 Å². The van der Waals surface area contributed by atoms with Crippen molar-refractivity contribution in [3.8, 4) is 0 Å². The van der Waals surface area contributed by atoms with Crippen LogP contribution in [0, 0.1) is 0 Å². The van der Waals surface area contributed by atoms with Gasteiger partial charge in [0.05, 0.1) is 6.54 Å². The van der Waals surface area contributed by atoms with Crippen molar-refractivity contribution in [3.05, 3.63) is 0 Å². The van der Waals surface area contributed by atoms with Gasteiger partial charge in [0, 0.05) is 14.1 Å². The number of carboxylic acid groups (broad SMARTS) is 1. The van der Waals surface area contributed by atoms with E-state index in [0.29, 0.717) is 12.8 Å². The van der Waals surface area contributed by atoms with E-state index in [2.05, 4.69) is 5.32 Å². The molecule has 1 aliphatic rings. The number of carbonyl (C=O) groups excluding carboxylic acids is 2. The van der Waals surface area contributed by atoms with Crippen LogP contribution >= 0.6 is 0 Å². The van der Waals surface area contributed by atoms with Gasteiger partial charge in [-0.2, -0.15) is 0 Å². The van der Waals surface area contributed by atoms with Crippen molar-refractivity contribution in [2.24, 2.45) is 0 Å². The van der Waals surface area contributed by atoms with Crippen LogP contribution in [-0.2, 0) is 19.1 Å². The maximum Gasteiger partial charge on any atom is 0.332 e. The second-order valence-corrected chi connectivity index (χ2v) is 3.90. The number of hydrogen-bond acceptors (Lipinski definition) is 4. The summed E-state index contributed by atoms with van der Waals surface area (Å²) < 4.78 is 5.10. The Bertz CT molecular complexity index is 331. The Morgan fingerprint density at radius 1 is 1.35 bits per heavy atom. The molecule has 96 valence electrons. The molecule has 1 fully saturated rings. The highest BCUT2D eigenvalue weighted by atomic mass is 16.5. The number of rotatable bonds is 4. The molecule has 0 radical (unpaired) electrons. The molecule has 0 aliphatic carbocycles. The maximum absolute atomic E-state index is 11.8. The van der Waals surface area contributed by atoms with E-state index in [0.717, 1.165) is 0 Å². The van der Waals surface area contributed by atoms with Crippen LogP contribution in [0.25, 0.3) is 0 Å². The van der Waals surface area contributed by atoms with Gasteiger partial charge in [-0.05, 0) is 12.8 Å². The largest absolute Gasteiger partial charge is 0.479 e. The molecule has 2 amide bonds. The Kier molecular flexibility index (Phi) is 4.45. The van der Waals surface area contributed by atoms with E-state index >= 15 is 0 Å². The zero-order valence-electron chi connectivity index (χ0n) is 9.80. The summed E-state index contributed by atoms with van der Waals surface area (Å²) in [7, 11) is 2.96. The lowest BCUT2D eigenvalue weighted by atomic mass is 10.2. The molecule has 1 rings (SSSR count). The number of carbonyl (C=O) groups is 3. The third-order valence-corrected chi connectivity index (χ3v) is 2.61. The Hall–Kier alpha value is -1.63. The molecule has 0 aromatic rings. The Balaban J connectivity index is 2.48. The molecule has 2 atom stereocenters. The minimum atomic E-state index is -1.06. The summed E-state index contributed by atoms with van der Waals surface area (Å²) in [5.74, 6) is -1.71. The first-order valence-corrected chi connectivity index (χ1v) is 5.29. The van der Waals surface area contributed by atoms with Gasteiger partial charge in [0.2, 0.25) is 5.91 Å². The minimum absolute atomic E-state index is 0.0626. The molecule has 1 aliphatic heterocycles. The topological polar surface area (TPSA) is 95.9 Å². The number of amides is 2. The fraction of sp³-hybridized carbons (Fsp3) is 0.700. The quantitative estimate of drug-likeness (QED) is 0.649. The molecule has 7 heteroatoms. The van der Waals surface area contributed by atoms with Crippen LogP contribution in [0.15, 0.2) is 0 Å². The van der Waals surface area contributed by atoms with E-state index in [9.17, 15) is 14.4 Å². The first kappa shape index (κ1) is 13.4. The van der Waals surface area contributed by atoms with Crippen LogP contribution in [-0.4, -0.2) is 60.6 Å². The van der Waals surface area contributed by atoms with Gasteiger partial charge in [-0.3, -0.25) is 9.59 Å². The van der Waals surface area contributed by atoms with E-state index in [1.54, 1.807) is 0 Å². The van der Waals surface area contributed by atoms with Crippen molar-refractivity contribution < 1.29 is 24.2 Å². The fourth-order valence-electron chi connectivity index (χ4n) is 1.62. The van der Waals surface area contributed by atoms with Crippen LogP contribution in [0.2, 0.25) is 0 Å². The zero-order valence-corrected chi connectivity index (χ0v) is 9.80. The second kappa shape index (κ2) is 5.62. The van der Waals surface area contributed by atoms with E-state index in [4.69, 9.17) is 9.84 Å². The monoisotopic (exact) mass is 244 g/mol. The minimum Gasteiger partial charge on any atom is -0.479 e. The molecule has 0 saturated carbocycles. The summed E-state index contributed by atoms with van der Waals surface area (Å²) in [6.07, 6.45) is -0.990. The highest BCUT2D eigenvalue weighted by Gasteiger charge is 2.36. The summed E-state index contributed by atoms with van der Waals surface area (Å²) >= 11 is 0. The Morgan fingerprint density at radius 2 is 1.94 bits per heavy atom. The molecular weight excluding hydrogens is 228 g/mol. The molecule has 1 saturated heterocycles. The molecule has 0 spiro atoms. The first-order valence-electron chi connectivity index (χ1n) is 5.29. The summed E-state index contributed by atoms with van der Waals surface area (Å²) in [6, 6.07) is 0. The van der Waals surface area contributed by atoms with Gasteiger partial charge in [0.1, 0.15) is 6.10 Å². The number of aliphatic carboxylic acids is 1. The van der Waals surface area contributed by atoms with Gasteiger partial charge in [-0.15, -0.1) is 0 Å². The van der Waals surface area contributed by atoms with Crippen LogP contribution in [0.3, 0.4) is 0 Å². The maximum atomic E-state index is 11.8. The van der Waals surface area contributed by atoms with Crippen molar-refractivity contribution >= 4 is 17.8 Å². The summed E-state index contributed by atoms with van der Waals surface area (Å²) in [4.78, 5) is 34.7. The number of likely N-dealkylation sites (N-methyl/N-ethyl adjacent to an activating group) is 2. The summed E-state index contributed by atoms with van der Waals surface area (Å²) in [5, 5.41) is 11.1. The Morgan fingerprint density at radius 3 is 2.41 bits per heavy atom. The highest BCUT2D eigenvalue weighted by molar-refractivity contribution is 5.87. The smallest absolute Gasteiger partial charge is 0.332 e. The number of carboxylic acids is 1. The Labute approximate surface area is 98.7 Å². The highest BCUT2D eigenvalue weighted by Crippen LogP contribution is 2.21. The third-order valence-electron chi connectivity index (χ3n) is 2.61. The lowest BCUT2D eigenvalue weighted by molar-refractivity contribution is -0.155. The number of nitrogens with zero attached hydrogens (tertiary/aromatic N) is 1. The number of hydrogen-bond donors (Lipinski definition) is 2. The van der Waals surface area contributed by atoms with Gasteiger partial charge < -0.3 is 20.1 Å². The SMILES string of the molecule is CNC(=O)CN(C)C(=O)C1CCC(C(=O)O)O1. The van der Waals surface area contributed by atoms with Gasteiger partial charge in [0.15, 0.2) is 6.10 Å². The lowest BCUT2D eigenvalue weighted by Gasteiger charge is -2.20. The molecule has 0 aromatic heterocycles. The van der Waals surface area contributed by atoms with Crippen LogP contribution in [0.4, 0.5) is 0 Å². The molecule has 7 nitrogen and oxygen atoms in total. The van der Waals surface area contributed by atoms with Crippen molar-refractivity contribution in [1.82, 2.24) is 10.2 Å². The molecular formula is C10H16N2O5. The molecule has 17 heavy (non-hydrogen) atoms. The second-order valence-electron chi connectivity index (χ2n) is 3.90. The van der Waals surface area contributed by atoms with Crippen molar-refractivity contribution in [2.45, 2.75) is 25.0 Å². The average Bonchev–Trinajstić information content (AvgIpc) is 2.77. The van der Waals surface area contributed by atoms with Crippen LogP contribution < -0.4 is 5.32 Å². The average molecular weight is 244 g/mol. The number of nitrogens with one attached hydrogen (secondary N) is 1. The summed E-state index contributed by atoms with van der Waals surface area (Å²) in [6.45, 7) is -0.0626. The predicted octanol–water partition coefficient (Wildman–Crippen LogP) is -1.18. The van der Waals surface area contributed by atoms with E-state index in [1.165, 1.54) is 19.0 Å². The van der Waals surface area contributed by atoms with Gasteiger partial charge in [-0.1, -0.05) is 0 Å². The molecule has 2 N–H and O–H groups in total. The zero-order chi connectivity index (χ0) is 13.0. The van der Waals surface area contributed by atoms with Crippen molar-refractivity contribution in [2.75, 3.05) is 20.6 Å². The molecule has 1 heterocycles. The first-order chi connectivity index (χ1) is 7.95. The predicted molar refractivity (Wildman–Crippen MR) is 57.2 cm³/mol. The molecule has 0 aromatic carbocycles. The number of ether oxygens (including phenoxy) is 1. The normalized spacial score (nSPS) is 23.2. The van der Waals surface area contributed by atoms with E-state index in [-0.39, 0.29) is 18.4 Å². The lowest BCUT2D eigenvalue weighted by Crippen LogP contribution is -2.42. The standard InChI is InChI=1S/C10H16N2O5/c1-11-8(13)5-12(2)9(14)6-3-4-7(17-6)10(15)16/h6-7H,3-5H2,1-2H3,(H,11,13)(H,15,16). The van der Waals surface area contributed by atoms with E-state index in [1.807, 2.05) is 0 Å². The van der Waals surface area contributed by atoms with Gasteiger partial charge in [-0.25, -0.2) is 4.79 Å². The van der Waals surface area contributed by atoms with Crippen LogP contribution in [0.1, 0.15) is 12.8 Å². The van der Waals surface area contributed by atoms with Gasteiger partial charge in [0.25, 0.3) is 5.91 Å². The van der Waals surface area contributed by atoms with Crippen molar-refractivity contribution in [1.29, 1.82) is 0 Å². The molecule has 2 unspecified atom stereocenters. The third kappa shape index (κ3) is 3.42. The fourth-order valence-corrected chi connectivity index (χ4v) is 1.62. The van der Waals surface area contributed by atoms with E-state index < -0.39 is 18.2 Å².